The number of pyridine rings is 1. The van der Waals surface area contributed by atoms with E-state index in [9.17, 15) is 4.79 Å². The third-order valence-electron chi connectivity index (χ3n) is 3.26. The molecule has 0 fully saturated rings. The lowest BCUT2D eigenvalue weighted by Gasteiger charge is -2.19. The monoisotopic (exact) mass is 366 g/mol. The van der Waals surface area contributed by atoms with Crippen LogP contribution in [0.15, 0.2) is 47.7 Å². The van der Waals surface area contributed by atoms with Crippen molar-refractivity contribution < 1.29 is 9.36 Å². The standard InChI is InChI=1S/C17H16Cl2N2OS/c1-3-20-17(23)15(21-8-4-5-11(2)10-21)16(22)13-7-6-12(18)9-14(13)19/h4-10,15H,3H2,1-2H3. The number of ketones is 1. The molecule has 0 saturated heterocycles. The third-order valence-corrected chi connectivity index (χ3v) is 4.16. The van der Waals surface area contributed by atoms with Crippen LogP contribution in [0.4, 0.5) is 0 Å². The minimum Gasteiger partial charge on any atom is -0.758 e. The second kappa shape index (κ2) is 7.86. The van der Waals surface area contributed by atoms with E-state index >= 15 is 0 Å². The number of rotatable bonds is 5. The van der Waals surface area contributed by atoms with Gasteiger partial charge in [0.1, 0.15) is 0 Å². The Morgan fingerprint density at radius 2 is 2.09 bits per heavy atom. The number of aryl methyl sites for hydroxylation is 1. The van der Waals surface area contributed by atoms with E-state index in [1.807, 2.05) is 32.2 Å². The molecule has 0 amide bonds. The van der Waals surface area contributed by atoms with Gasteiger partial charge < -0.3 is 17.6 Å². The van der Waals surface area contributed by atoms with Crippen molar-refractivity contribution in [2.75, 3.05) is 6.54 Å². The average molecular weight is 367 g/mol. The summed E-state index contributed by atoms with van der Waals surface area (Å²) in [4.78, 5) is 17.3. The quantitative estimate of drug-likeness (QED) is 0.263. The number of carbonyl (C=O) groups excluding carboxylic acids is 1. The first-order valence-electron chi connectivity index (χ1n) is 7.12. The lowest BCUT2D eigenvalue weighted by atomic mass is 10.0. The van der Waals surface area contributed by atoms with Gasteiger partial charge in [0.2, 0.25) is 11.8 Å². The molecule has 0 aliphatic heterocycles. The number of hydrogen-bond acceptors (Lipinski definition) is 3. The highest BCUT2D eigenvalue weighted by Gasteiger charge is 2.29. The van der Waals surface area contributed by atoms with Gasteiger partial charge in [-0.2, -0.15) is 4.57 Å². The molecule has 1 heterocycles. The van der Waals surface area contributed by atoms with Crippen molar-refractivity contribution in [1.29, 1.82) is 0 Å². The van der Waals surface area contributed by atoms with Crippen LogP contribution in [0.5, 0.6) is 0 Å². The maximum absolute atomic E-state index is 13.0. The van der Waals surface area contributed by atoms with Crippen LogP contribution in [-0.2, 0) is 12.6 Å². The Labute approximate surface area is 151 Å². The molecule has 23 heavy (non-hydrogen) atoms. The molecule has 120 valence electrons. The van der Waals surface area contributed by atoms with E-state index in [1.54, 1.807) is 29.0 Å². The Morgan fingerprint density at radius 3 is 2.70 bits per heavy atom. The zero-order valence-corrected chi connectivity index (χ0v) is 15.1. The van der Waals surface area contributed by atoms with Crippen molar-refractivity contribution in [1.82, 2.24) is 0 Å². The number of benzene rings is 1. The van der Waals surface area contributed by atoms with Gasteiger partial charge in [-0.05, 0) is 43.2 Å². The highest BCUT2D eigenvalue weighted by Crippen LogP contribution is 2.24. The van der Waals surface area contributed by atoms with E-state index in [1.165, 1.54) is 0 Å². The van der Waals surface area contributed by atoms with Crippen LogP contribution in [0.3, 0.4) is 0 Å². The van der Waals surface area contributed by atoms with Crippen LogP contribution < -0.4 is 4.57 Å². The number of halogens is 2. The first kappa shape index (κ1) is 17.9. The Kier molecular flexibility index (Phi) is 6.10. The Balaban J connectivity index is 2.53. The largest absolute Gasteiger partial charge is 0.758 e. The van der Waals surface area contributed by atoms with E-state index in [-0.39, 0.29) is 5.78 Å². The van der Waals surface area contributed by atoms with E-state index < -0.39 is 6.04 Å². The number of nitrogens with zero attached hydrogens (tertiary/aromatic N) is 2. The summed E-state index contributed by atoms with van der Waals surface area (Å²) in [5, 5.41) is 1.12. The molecule has 1 aromatic carbocycles. The molecule has 1 aromatic heterocycles. The predicted molar refractivity (Wildman–Crippen MR) is 96.5 cm³/mol. The van der Waals surface area contributed by atoms with Gasteiger partial charge in [-0.3, -0.25) is 4.79 Å². The van der Waals surface area contributed by atoms with Gasteiger partial charge in [0.05, 0.1) is 5.02 Å². The summed E-state index contributed by atoms with van der Waals surface area (Å²) < 4.78 is 1.77. The summed E-state index contributed by atoms with van der Waals surface area (Å²) in [5.74, 6) is -0.204. The molecule has 0 bridgehead atoms. The van der Waals surface area contributed by atoms with E-state index in [0.717, 1.165) is 5.56 Å². The average Bonchev–Trinajstić information content (AvgIpc) is 2.47. The number of carbonyl (C=O) groups is 1. The molecular formula is C17H16Cl2N2OS. The number of Topliss-reactive ketones (excluding diaryl/α,β-unsaturated/α-hetero) is 1. The summed E-state index contributed by atoms with van der Waals surface area (Å²) in [5.41, 5.74) is 1.40. The summed E-state index contributed by atoms with van der Waals surface area (Å²) in [7, 11) is 0. The summed E-state index contributed by atoms with van der Waals surface area (Å²) >= 11 is 17.5. The lowest BCUT2D eigenvalue weighted by molar-refractivity contribution is -0.692. The third kappa shape index (κ3) is 4.28. The fourth-order valence-electron chi connectivity index (χ4n) is 2.23. The molecule has 0 radical (unpaired) electrons. The predicted octanol–water partition coefficient (Wildman–Crippen LogP) is 3.98. The summed E-state index contributed by atoms with van der Waals surface area (Å²) in [6.07, 6.45) is 3.67. The molecule has 0 aliphatic rings. The van der Waals surface area contributed by atoms with Gasteiger partial charge in [-0.1, -0.05) is 23.2 Å². The van der Waals surface area contributed by atoms with Crippen LogP contribution >= 0.6 is 23.2 Å². The molecule has 2 rings (SSSR count). The maximum Gasteiger partial charge on any atom is 0.237 e. The topological polar surface area (TPSA) is 33.3 Å². The zero-order chi connectivity index (χ0) is 17.0. The fourth-order valence-corrected chi connectivity index (χ4v) is 3.09. The second-order valence-corrected chi connectivity index (χ2v) is 6.29. The normalized spacial score (nSPS) is 13.0. The number of hydrogen-bond donors (Lipinski definition) is 0. The van der Waals surface area contributed by atoms with E-state index in [2.05, 4.69) is 4.99 Å². The van der Waals surface area contributed by atoms with E-state index in [4.69, 9.17) is 35.8 Å². The second-order valence-electron chi connectivity index (χ2n) is 5.03. The maximum atomic E-state index is 13.0. The van der Waals surface area contributed by atoms with Gasteiger partial charge in [0, 0.05) is 28.8 Å². The first-order valence-corrected chi connectivity index (χ1v) is 8.28. The summed E-state index contributed by atoms with van der Waals surface area (Å²) in [6, 6.07) is 7.92. The molecule has 0 N–H and O–H groups in total. The van der Waals surface area contributed by atoms with Crippen molar-refractivity contribution in [2.24, 2.45) is 4.99 Å². The smallest absolute Gasteiger partial charge is 0.237 e. The molecule has 0 saturated carbocycles. The van der Waals surface area contributed by atoms with Gasteiger partial charge in [-0.25, -0.2) is 0 Å². The molecule has 6 heteroatoms. The number of aliphatic imine (C=N–C) groups is 1. The van der Waals surface area contributed by atoms with Crippen LogP contribution in [0.25, 0.3) is 0 Å². The molecule has 3 nitrogen and oxygen atoms in total. The zero-order valence-electron chi connectivity index (χ0n) is 12.8. The molecular weight excluding hydrogens is 351 g/mol. The van der Waals surface area contributed by atoms with E-state index in [0.29, 0.717) is 27.2 Å². The minimum absolute atomic E-state index is 0.204. The van der Waals surface area contributed by atoms with Crippen molar-refractivity contribution in [3.05, 3.63) is 63.9 Å². The van der Waals surface area contributed by atoms with Gasteiger partial charge in [-0.15, -0.1) is 0 Å². The summed E-state index contributed by atoms with van der Waals surface area (Å²) in [6.45, 7) is 4.35. The Hall–Kier alpha value is -1.49. The van der Waals surface area contributed by atoms with Crippen LogP contribution in [0, 0.1) is 6.92 Å². The van der Waals surface area contributed by atoms with Crippen LogP contribution in [-0.4, -0.2) is 17.4 Å². The Bertz CT molecular complexity index is 762. The van der Waals surface area contributed by atoms with Crippen LogP contribution in [0.1, 0.15) is 28.9 Å². The van der Waals surface area contributed by atoms with Crippen molar-refractivity contribution in [2.45, 2.75) is 19.9 Å². The molecule has 1 atom stereocenters. The van der Waals surface area contributed by atoms with Crippen molar-refractivity contribution in [3.63, 3.8) is 0 Å². The van der Waals surface area contributed by atoms with Crippen molar-refractivity contribution >= 4 is 46.7 Å². The Morgan fingerprint density at radius 1 is 1.35 bits per heavy atom. The minimum atomic E-state index is -0.705. The highest BCUT2D eigenvalue weighted by molar-refractivity contribution is 7.77. The molecule has 0 spiro atoms. The van der Waals surface area contributed by atoms with Gasteiger partial charge in [0.15, 0.2) is 12.4 Å². The highest BCUT2D eigenvalue weighted by atomic mass is 35.5. The molecule has 2 aromatic rings. The lowest BCUT2D eigenvalue weighted by Crippen LogP contribution is -2.48. The molecule has 1 unspecified atom stereocenters. The van der Waals surface area contributed by atoms with Gasteiger partial charge in [0.25, 0.3) is 0 Å². The van der Waals surface area contributed by atoms with Crippen LogP contribution in [0.2, 0.25) is 10.0 Å². The van der Waals surface area contributed by atoms with Crippen molar-refractivity contribution in [3.8, 4) is 0 Å². The SMILES string of the molecule is CCN=C([S-])C(C(=O)c1ccc(Cl)cc1Cl)[n+]1cccc(C)c1. The first-order chi connectivity index (χ1) is 10.9. The number of aromatic nitrogens is 1. The van der Waals surface area contributed by atoms with Gasteiger partial charge >= 0.3 is 0 Å². The molecule has 0 aliphatic carbocycles. The fraction of sp³-hybridized carbons (Fsp3) is 0.235.